The monoisotopic (exact) mass is 256 g/mol. The van der Waals surface area contributed by atoms with Crippen LogP contribution in [-0.4, -0.2) is 45.1 Å². The van der Waals surface area contributed by atoms with Gasteiger partial charge < -0.3 is 16.4 Å². The fraction of sp³-hybridized carbons (Fsp3) is 0.375. The lowest BCUT2D eigenvalue weighted by atomic mass is 10.4. The second-order valence-corrected chi connectivity index (χ2v) is 3.61. The summed E-state index contributed by atoms with van der Waals surface area (Å²) in [4.78, 5) is 26.4. The third-order valence-corrected chi connectivity index (χ3v) is 1.89. The van der Waals surface area contributed by atoms with Crippen molar-refractivity contribution in [1.29, 1.82) is 0 Å². The van der Waals surface area contributed by atoms with Crippen LogP contribution in [0.2, 0.25) is 0 Å². The molecule has 1 rings (SSSR count). The Morgan fingerprint density at radius 2 is 2.12 bits per heavy atom. The summed E-state index contributed by atoms with van der Waals surface area (Å²) in [6.07, 6.45) is 1.83. The fourth-order valence-corrected chi connectivity index (χ4v) is 1.05. The Balaban J connectivity index is 2.20. The third-order valence-electron chi connectivity index (χ3n) is 1.74. The molecular formula is C8H12N6O2S. The van der Waals surface area contributed by atoms with Crippen LogP contribution in [0, 0.1) is 0 Å². The maximum atomic E-state index is 11.2. The van der Waals surface area contributed by atoms with Crippen LogP contribution in [-0.2, 0) is 16.0 Å². The Bertz CT molecular complexity index is 404. The first-order chi connectivity index (χ1) is 8.09. The molecule has 1 aromatic heterocycles. The number of rotatable bonds is 5. The Labute approximate surface area is 102 Å². The summed E-state index contributed by atoms with van der Waals surface area (Å²) in [5.41, 5.74) is 5.17. The molecule has 0 atom stereocenters. The van der Waals surface area contributed by atoms with Gasteiger partial charge in [0.1, 0.15) is 12.2 Å². The van der Waals surface area contributed by atoms with Gasteiger partial charge >= 0.3 is 11.8 Å². The molecule has 0 fully saturated rings. The highest BCUT2D eigenvalue weighted by Crippen LogP contribution is 1.85. The average molecular weight is 256 g/mol. The largest absolute Gasteiger partial charge is 0.392 e. The lowest BCUT2D eigenvalue weighted by Gasteiger charge is -2.04. The molecule has 0 aliphatic heterocycles. The highest BCUT2D eigenvalue weighted by molar-refractivity contribution is 7.80. The first-order valence-electron chi connectivity index (χ1n) is 4.78. The van der Waals surface area contributed by atoms with E-state index in [0.717, 1.165) is 0 Å². The first-order valence-corrected chi connectivity index (χ1v) is 5.19. The van der Waals surface area contributed by atoms with E-state index < -0.39 is 11.8 Å². The van der Waals surface area contributed by atoms with Gasteiger partial charge in [0.25, 0.3) is 0 Å². The lowest BCUT2D eigenvalue weighted by Crippen LogP contribution is -2.43. The van der Waals surface area contributed by atoms with Gasteiger partial charge in [-0.15, -0.1) is 0 Å². The summed E-state index contributed by atoms with van der Waals surface area (Å²) in [6.45, 7) is 0.290. The van der Waals surface area contributed by atoms with Crippen molar-refractivity contribution in [2.45, 2.75) is 6.42 Å². The van der Waals surface area contributed by atoms with Crippen molar-refractivity contribution in [2.24, 2.45) is 5.73 Å². The number of carbonyl (C=O) groups excluding carboxylic acids is 2. The molecule has 1 heterocycles. The molecule has 0 aromatic carbocycles. The summed E-state index contributed by atoms with van der Waals surface area (Å²) in [6, 6.07) is 0. The van der Waals surface area contributed by atoms with Crippen LogP contribution in [0.15, 0.2) is 6.33 Å². The van der Waals surface area contributed by atoms with Gasteiger partial charge in [0.05, 0.1) is 11.5 Å². The number of aromatic amines is 1. The number of nitrogens with two attached hydrogens (primary N) is 1. The number of nitrogens with zero attached hydrogens (tertiary/aromatic N) is 2. The van der Waals surface area contributed by atoms with Crippen molar-refractivity contribution in [3.63, 3.8) is 0 Å². The van der Waals surface area contributed by atoms with Gasteiger partial charge in [0.2, 0.25) is 0 Å². The number of amides is 2. The fourth-order valence-electron chi connectivity index (χ4n) is 0.974. The number of thiocarbonyl (C=S) groups is 1. The minimum atomic E-state index is -0.768. The highest BCUT2D eigenvalue weighted by Gasteiger charge is 2.12. The number of H-pyrrole nitrogens is 1. The van der Waals surface area contributed by atoms with Crippen LogP contribution >= 0.6 is 12.2 Å². The molecule has 17 heavy (non-hydrogen) atoms. The molecule has 8 nitrogen and oxygen atoms in total. The molecule has 0 spiro atoms. The Hall–Kier alpha value is -2.03. The summed E-state index contributed by atoms with van der Waals surface area (Å²) in [5.74, 6) is -0.870. The predicted octanol–water partition coefficient (Wildman–Crippen LogP) is -2.13. The molecule has 9 heteroatoms. The highest BCUT2D eigenvalue weighted by atomic mass is 32.1. The van der Waals surface area contributed by atoms with Crippen molar-refractivity contribution in [3.8, 4) is 0 Å². The number of hydrogen-bond acceptors (Lipinski definition) is 5. The van der Waals surface area contributed by atoms with E-state index in [1.165, 1.54) is 6.33 Å². The molecule has 0 unspecified atom stereocenters. The summed E-state index contributed by atoms with van der Waals surface area (Å²) in [5, 5.41) is 11.0. The number of nitrogens with one attached hydrogen (secondary N) is 3. The molecule has 0 saturated heterocycles. The quantitative estimate of drug-likeness (QED) is 0.352. The van der Waals surface area contributed by atoms with Crippen molar-refractivity contribution in [1.82, 2.24) is 25.8 Å². The van der Waals surface area contributed by atoms with Crippen LogP contribution in [0.4, 0.5) is 0 Å². The molecular weight excluding hydrogens is 244 g/mol. The van der Waals surface area contributed by atoms with Crippen molar-refractivity contribution < 1.29 is 9.59 Å². The smallest absolute Gasteiger partial charge is 0.309 e. The van der Waals surface area contributed by atoms with Gasteiger partial charge in [0, 0.05) is 13.0 Å². The normalized spacial score (nSPS) is 9.65. The average Bonchev–Trinajstić information content (AvgIpc) is 2.78. The second kappa shape index (κ2) is 6.53. The number of aromatic nitrogens is 3. The molecule has 2 amide bonds. The zero-order chi connectivity index (χ0) is 12.7. The molecule has 1 aromatic rings. The van der Waals surface area contributed by atoms with Crippen LogP contribution in [0.25, 0.3) is 0 Å². The summed E-state index contributed by atoms with van der Waals surface area (Å²) >= 11 is 4.55. The minimum Gasteiger partial charge on any atom is -0.392 e. The maximum Gasteiger partial charge on any atom is 0.309 e. The van der Waals surface area contributed by atoms with Crippen LogP contribution in [0.3, 0.4) is 0 Å². The summed E-state index contributed by atoms with van der Waals surface area (Å²) in [7, 11) is 0. The van der Waals surface area contributed by atoms with E-state index >= 15 is 0 Å². The second-order valence-electron chi connectivity index (χ2n) is 3.09. The van der Waals surface area contributed by atoms with Gasteiger partial charge in [-0.25, -0.2) is 4.98 Å². The van der Waals surface area contributed by atoms with E-state index in [2.05, 4.69) is 38.0 Å². The van der Waals surface area contributed by atoms with Gasteiger partial charge in [-0.2, -0.15) is 5.10 Å². The van der Waals surface area contributed by atoms with Crippen LogP contribution in [0.1, 0.15) is 5.82 Å². The first kappa shape index (κ1) is 13.0. The van der Waals surface area contributed by atoms with Gasteiger partial charge in [-0.3, -0.25) is 14.7 Å². The zero-order valence-electron chi connectivity index (χ0n) is 8.90. The van der Waals surface area contributed by atoms with E-state index in [9.17, 15) is 9.59 Å². The van der Waals surface area contributed by atoms with E-state index in [1.807, 2.05) is 0 Å². The minimum absolute atomic E-state index is 0.00366. The van der Waals surface area contributed by atoms with Gasteiger partial charge in [-0.05, 0) is 0 Å². The SMILES string of the molecule is NC(=S)CNC(=O)C(=O)NCCc1ncn[nH]1. The van der Waals surface area contributed by atoms with Gasteiger partial charge in [0.15, 0.2) is 0 Å². The van der Waals surface area contributed by atoms with Crippen molar-refractivity contribution >= 4 is 29.0 Å². The van der Waals surface area contributed by atoms with Crippen molar-refractivity contribution in [2.75, 3.05) is 13.1 Å². The molecule has 0 aliphatic carbocycles. The zero-order valence-corrected chi connectivity index (χ0v) is 9.71. The number of carbonyl (C=O) groups is 2. The predicted molar refractivity (Wildman–Crippen MR) is 62.9 cm³/mol. The van der Waals surface area contributed by atoms with Crippen LogP contribution < -0.4 is 16.4 Å². The van der Waals surface area contributed by atoms with E-state index in [-0.39, 0.29) is 18.1 Å². The third kappa shape index (κ3) is 5.02. The van der Waals surface area contributed by atoms with Gasteiger partial charge in [-0.1, -0.05) is 12.2 Å². The molecule has 0 radical (unpaired) electrons. The Kier molecular flexibility index (Phi) is 5.01. The standard InChI is InChI=1S/C8H12N6O2S/c9-5(17)3-11-8(16)7(15)10-2-1-6-12-4-13-14-6/h4H,1-3H2,(H2,9,17)(H,10,15)(H,11,16)(H,12,13,14). The summed E-state index contributed by atoms with van der Waals surface area (Å²) < 4.78 is 0. The van der Waals surface area contributed by atoms with E-state index in [1.54, 1.807) is 0 Å². The molecule has 0 bridgehead atoms. The Morgan fingerprint density at radius 3 is 2.71 bits per heavy atom. The maximum absolute atomic E-state index is 11.2. The number of hydrogen-bond donors (Lipinski definition) is 4. The molecule has 92 valence electrons. The Morgan fingerprint density at radius 1 is 1.41 bits per heavy atom. The van der Waals surface area contributed by atoms with Crippen molar-refractivity contribution in [3.05, 3.63) is 12.2 Å². The van der Waals surface area contributed by atoms with Crippen LogP contribution in [0.5, 0.6) is 0 Å². The topological polar surface area (TPSA) is 126 Å². The molecule has 0 aliphatic rings. The van der Waals surface area contributed by atoms with E-state index in [0.29, 0.717) is 12.2 Å². The molecule has 0 saturated carbocycles. The lowest BCUT2D eigenvalue weighted by molar-refractivity contribution is -0.139. The van der Waals surface area contributed by atoms with E-state index in [4.69, 9.17) is 5.73 Å². The molecule has 5 N–H and O–H groups in total.